The molecule has 6 N–H and O–H groups in total. The molecule has 11 nitrogen and oxygen atoms in total. The van der Waals surface area contributed by atoms with Gasteiger partial charge in [-0.2, -0.15) is 5.10 Å². The molecular weight excluding hydrogens is 508 g/mol. The Balaban J connectivity index is 1.43. The number of benzene rings is 2. The molecule has 5 aromatic rings. The zero-order valence-corrected chi connectivity index (χ0v) is 22.6. The van der Waals surface area contributed by atoms with E-state index in [4.69, 9.17) is 26.0 Å². The van der Waals surface area contributed by atoms with E-state index in [0.29, 0.717) is 33.9 Å². The Hall–Kier alpha value is -5.32. The minimum atomic E-state index is -0.444. The molecule has 2 aromatic carbocycles. The van der Waals surface area contributed by atoms with Crippen LogP contribution >= 0.6 is 0 Å². The SMILES string of the molecule is COc1ccc(-n2nc(C(C)(C)C)cc2NC(=O)Nc2ccc(Oc3ccnc(N)c3N)c3ncccc23)cc1. The van der Waals surface area contributed by atoms with E-state index in [1.807, 2.05) is 36.4 Å². The number of methoxy groups -OCH3 is 1. The number of nitrogens with one attached hydrogen (secondary N) is 2. The van der Waals surface area contributed by atoms with Gasteiger partial charge in [-0.1, -0.05) is 20.8 Å². The molecule has 0 unspecified atom stereocenters. The number of carbonyl (C=O) groups is 1. The summed E-state index contributed by atoms with van der Waals surface area (Å²) in [4.78, 5) is 21.7. The highest BCUT2D eigenvalue weighted by Crippen LogP contribution is 2.36. The fourth-order valence-corrected chi connectivity index (χ4v) is 4.04. The number of pyridine rings is 2. The van der Waals surface area contributed by atoms with Crippen LogP contribution in [0, 0.1) is 0 Å². The van der Waals surface area contributed by atoms with Crippen molar-refractivity contribution < 1.29 is 14.3 Å². The van der Waals surface area contributed by atoms with Gasteiger partial charge in [0.1, 0.15) is 28.6 Å². The third-order valence-corrected chi connectivity index (χ3v) is 6.22. The third-order valence-electron chi connectivity index (χ3n) is 6.22. The second-order valence-corrected chi connectivity index (χ2v) is 10.1. The molecule has 5 rings (SSSR count). The zero-order chi connectivity index (χ0) is 28.4. The highest BCUT2D eigenvalue weighted by Gasteiger charge is 2.22. The monoisotopic (exact) mass is 538 g/mol. The van der Waals surface area contributed by atoms with E-state index in [1.165, 1.54) is 6.20 Å². The van der Waals surface area contributed by atoms with Crippen molar-refractivity contribution in [3.63, 3.8) is 0 Å². The number of anilines is 4. The number of carbonyl (C=O) groups excluding carboxylic acids is 1. The molecule has 0 saturated heterocycles. The lowest BCUT2D eigenvalue weighted by Gasteiger charge is -2.14. The van der Waals surface area contributed by atoms with Gasteiger partial charge in [0.2, 0.25) is 0 Å². The fourth-order valence-electron chi connectivity index (χ4n) is 4.04. The van der Waals surface area contributed by atoms with Crippen LogP contribution in [0.2, 0.25) is 0 Å². The highest BCUT2D eigenvalue weighted by molar-refractivity contribution is 6.06. The molecular formula is C29H30N8O3. The van der Waals surface area contributed by atoms with Gasteiger partial charge in [0.05, 0.1) is 24.2 Å². The Morgan fingerprint density at radius 2 is 1.70 bits per heavy atom. The van der Waals surface area contributed by atoms with Crippen LogP contribution in [-0.2, 0) is 5.41 Å². The summed E-state index contributed by atoms with van der Waals surface area (Å²) in [5, 5.41) is 11.3. The lowest BCUT2D eigenvalue weighted by molar-refractivity contribution is 0.262. The van der Waals surface area contributed by atoms with Gasteiger partial charge < -0.3 is 26.3 Å². The average molecular weight is 539 g/mol. The number of fused-ring (bicyclic) bond motifs is 1. The van der Waals surface area contributed by atoms with E-state index >= 15 is 0 Å². The second kappa shape index (κ2) is 10.4. The number of nitrogens with zero attached hydrogens (tertiary/aromatic N) is 4. The van der Waals surface area contributed by atoms with Gasteiger partial charge in [-0.3, -0.25) is 10.3 Å². The first-order valence-corrected chi connectivity index (χ1v) is 12.5. The molecule has 11 heteroatoms. The number of aromatic nitrogens is 4. The van der Waals surface area contributed by atoms with Gasteiger partial charge in [-0.05, 0) is 48.5 Å². The van der Waals surface area contributed by atoms with Crippen molar-refractivity contribution in [2.45, 2.75) is 26.2 Å². The maximum Gasteiger partial charge on any atom is 0.324 e. The molecule has 40 heavy (non-hydrogen) atoms. The van der Waals surface area contributed by atoms with Crippen molar-refractivity contribution in [2.75, 3.05) is 29.2 Å². The zero-order valence-electron chi connectivity index (χ0n) is 22.6. The van der Waals surface area contributed by atoms with Crippen LogP contribution in [0.1, 0.15) is 26.5 Å². The Morgan fingerprint density at radius 3 is 2.42 bits per heavy atom. The minimum Gasteiger partial charge on any atom is -0.497 e. The highest BCUT2D eigenvalue weighted by atomic mass is 16.5. The number of hydrogen-bond donors (Lipinski definition) is 4. The molecule has 0 aliphatic heterocycles. The normalized spacial score (nSPS) is 11.3. The number of urea groups is 1. The Kier molecular flexibility index (Phi) is 6.87. The summed E-state index contributed by atoms with van der Waals surface area (Å²) in [6, 6.07) is 17.6. The molecule has 0 bridgehead atoms. The molecule has 2 amide bonds. The number of amides is 2. The number of nitrogens with two attached hydrogens (primary N) is 2. The van der Waals surface area contributed by atoms with Crippen molar-refractivity contribution in [1.29, 1.82) is 0 Å². The molecule has 0 radical (unpaired) electrons. The van der Waals surface area contributed by atoms with Crippen LogP contribution in [-0.4, -0.2) is 32.9 Å². The van der Waals surface area contributed by atoms with Crippen molar-refractivity contribution in [2.24, 2.45) is 0 Å². The molecule has 0 aliphatic rings. The molecule has 0 fully saturated rings. The predicted octanol–water partition coefficient (Wildman–Crippen LogP) is 5.72. The summed E-state index contributed by atoms with van der Waals surface area (Å²) in [5.74, 6) is 2.22. The Labute approximate surface area is 231 Å². The van der Waals surface area contributed by atoms with E-state index in [1.54, 1.807) is 42.3 Å². The standard InChI is InChI=1S/C29H30N8O3/c1-29(2,3)23-16-24(37(36-23)17-7-9-18(39-4)10-8-17)35-28(38)34-20-11-12-22(26-19(20)6-5-14-32-26)40-21-13-15-33-27(31)25(21)30/h5-16H,30H2,1-4H3,(H2,31,33)(H2,34,35,38). The van der Waals surface area contributed by atoms with E-state index in [0.717, 1.165) is 17.1 Å². The smallest absolute Gasteiger partial charge is 0.324 e. The Bertz CT molecular complexity index is 1690. The minimum absolute atomic E-state index is 0.174. The van der Waals surface area contributed by atoms with Crippen LogP contribution in [0.15, 0.2) is 73.1 Å². The first-order chi connectivity index (χ1) is 19.1. The molecule has 0 spiro atoms. The quantitative estimate of drug-likeness (QED) is 0.214. The Morgan fingerprint density at radius 1 is 0.925 bits per heavy atom. The summed E-state index contributed by atoms with van der Waals surface area (Å²) < 4.78 is 13.0. The molecule has 0 saturated carbocycles. The maximum absolute atomic E-state index is 13.3. The lowest BCUT2D eigenvalue weighted by Crippen LogP contribution is -2.21. The third kappa shape index (κ3) is 5.30. The summed E-state index contributed by atoms with van der Waals surface area (Å²) in [5.41, 5.74) is 14.5. The van der Waals surface area contributed by atoms with Crippen molar-refractivity contribution in [3.05, 3.63) is 78.8 Å². The van der Waals surface area contributed by atoms with E-state index in [9.17, 15) is 4.79 Å². The largest absolute Gasteiger partial charge is 0.497 e. The van der Waals surface area contributed by atoms with E-state index in [2.05, 4.69) is 41.4 Å². The molecule has 0 atom stereocenters. The number of rotatable bonds is 6. The summed E-state index contributed by atoms with van der Waals surface area (Å²) in [6.45, 7) is 6.19. The van der Waals surface area contributed by atoms with Crippen molar-refractivity contribution >= 4 is 39.9 Å². The fraction of sp³-hybridized carbons (Fsp3) is 0.172. The van der Waals surface area contributed by atoms with Crippen LogP contribution < -0.4 is 31.6 Å². The second-order valence-electron chi connectivity index (χ2n) is 10.1. The molecule has 3 aromatic heterocycles. The van der Waals surface area contributed by atoms with Crippen molar-refractivity contribution in [3.8, 4) is 22.9 Å². The van der Waals surface area contributed by atoms with Crippen LogP contribution in [0.5, 0.6) is 17.2 Å². The maximum atomic E-state index is 13.3. The van der Waals surface area contributed by atoms with E-state index in [-0.39, 0.29) is 16.9 Å². The van der Waals surface area contributed by atoms with Crippen molar-refractivity contribution in [1.82, 2.24) is 19.7 Å². The number of hydrogen-bond acceptors (Lipinski definition) is 8. The summed E-state index contributed by atoms with van der Waals surface area (Å²) >= 11 is 0. The number of ether oxygens (including phenoxy) is 2. The van der Waals surface area contributed by atoms with Crippen LogP contribution in [0.25, 0.3) is 16.6 Å². The summed E-state index contributed by atoms with van der Waals surface area (Å²) in [7, 11) is 1.61. The topological polar surface area (TPSA) is 155 Å². The average Bonchev–Trinajstić information content (AvgIpc) is 3.37. The van der Waals surface area contributed by atoms with Crippen LogP contribution in [0.3, 0.4) is 0 Å². The van der Waals surface area contributed by atoms with Gasteiger partial charge in [0.25, 0.3) is 0 Å². The van der Waals surface area contributed by atoms with Gasteiger partial charge in [-0.25, -0.2) is 14.5 Å². The van der Waals surface area contributed by atoms with Crippen LogP contribution in [0.4, 0.5) is 27.8 Å². The first kappa shape index (κ1) is 26.3. The first-order valence-electron chi connectivity index (χ1n) is 12.5. The van der Waals surface area contributed by atoms with Gasteiger partial charge >= 0.3 is 6.03 Å². The molecule has 3 heterocycles. The number of nitrogen functional groups attached to an aromatic ring is 2. The molecule has 0 aliphatic carbocycles. The van der Waals surface area contributed by atoms with E-state index < -0.39 is 6.03 Å². The predicted molar refractivity (Wildman–Crippen MR) is 156 cm³/mol. The molecule has 204 valence electrons. The summed E-state index contributed by atoms with van der Waals surface area (Å²) in [6.07, 6.45) is 3.16. The lowest BCUT2D eigenvalue weighted by atomic mass is 9.92. The van der Waals surface area contributed by atoms with Gasteiger partial charge in [0.15, 0.2) is 11.5 Å². The van der Waals surface area contributed by atoms with Gasteiger partial charge in [0, 0.05) is 35.3 Å². The van der Waals surface area contributed by atoms with Gasteiger partial charge in [-0.15, -0.1) is 0 Å².